The van der Waals surface area contributed by atoms with Crippen molar-refractivity contribution in [3.8, 4) is 0 Å². The maximum Gasteiger partial charge on any atom is 0.313 e. The highest BCUT2D eigenvalue weighted by Gasteiger charge is 2.33. The van der Waals surface area contributed by atoms with Gasteiger partial charge in [-0.25, -0.2) is 0 Å². The molecule has 0 aromatic heterocycles. The van der Waals surface area contributed by atoms with E-state index < -0.39 is 17.8 Å². The largest absolute Gasteiger partial charge is 0.481 e. The Morgan fingerprint density at radius 1 is 1.00 bits per heavy atom. The summed E-state index contributed by atoms with van der Waals surface area (Å²) in [5, 5.41) is 9.64. The number of carbonyl (C=O) groups is 2. The van der Waals surface area contributed by atoms with Crippen molar-refractivity contribution in [2.75, 3.05) is 6.61 Å². The average Bonchev–Trinajstić information content (AvgIpc) is 2.48. The van der Waals surface area contributed by atoms with Gasteiger partial charge in [-0.15, -0.1) is 0 Å². The third-order valence-corrected chi connectivity index (χ3v) is 4.26. The van der Waals surface area contributed by atoms with Crippen LogP contribution in [0.4, 0.5) is 0 Å². The van der Waals surface area contributed by atoms with Gasteiger partial charge in [0.15, 0.2) is 0 Å². The molecule has 0 aliphatic carbocycles. The van der Waals surface area contributed by atoms with E-state index in [1.807, 2.05) is 58.9 Å². The van der Waals surface area contributed by atoms with Crippen LogP contribution in [0.2, 0.25) is 0 Å². The maximum absolute atomic E-state index is 12.6. The first kappa shape index (κ1) is 20.2. The molecular formula is C20H30O4. The van der Waals surface area contributed by atoms with Crippen LogP contribution in [0, 0.1) is 11.8 Å². The number of carbonyl (C=O) groups excluding carboxylic acids is 1. The van der Waals surface area contributed by atoms with Crippen LogP contribution in [0.5, 0.6) is 0 Å². The monoisotopic (exact) mass is 334 g/mol. The van der Waals surface area contributed by atoms with Gasteiger partial charge in [0.1, 0.15) is 0 Å². The number of carboxylic acid groups (broad SMARTS) is 1. The van der Waals surface area contributed by atoms with E-state index in [1.165, 1.54) is 0 Å². The fourth-order valence-corrected chi connectivity index (χ4v) is 3.02. The Kier molecular flexibility index (Phi) is 7.96. The van der Waals surface area contributed by atoms with Crippen LogP contribution in [0.15, 0.2) is 24.3 Å². The second-order valence-electron chi connectivity index (χ2n) is 6.93. The average molecular weight is 334 g/mol. The van der Waals surface area contributed by atoms with Crippen molar-refractivity contribution in [1.82, 2.24) is 0 Å². The maximum atomic E-state index is 12.6. The summed E-state index contributed by atoms with van der Waals surface area (Å²) in [6, 6.07) is 7.37. The number of hydrogen-bond donors (Lipinski definition) is 1. The normalized spacial score (nSPS) is 13.8. The summed E-state index contributed by atoms with van der Waals surface area (Å²) in [6.07, 6.45) is 1.80. The Morgan fingerprint density at radius 3 is 1.92 bits per heavy atom. The van der Waals surface area contributed by atoms with Gasteiger partial charge in [-0.05, 0) is 29.4 Å². The number of unbranched alkanes of at least 4 members (excludes halogenated alkanes) is 1. The van der Waals surface area contributed by atoms with Crippen LogP contribution in [0.1, 0.15) is 70.4 Å². The predicted octanol–water partition coefficient (Wildman–Crippen LogP) is 4.59. The van der Waals surface area contributed by atoms with Crippen molar-refractivity contribution in [2.45, 2.75) is 59.3 Å². The van der Waals surface area contributed by atoms with Crippen molar-refractivity contribution in [3.05, 3.63) is 35.4 Å². The molecule has 0 saturated carbocycles. The molecule has 24 heavy (non-hydrogen) atoms. The molecule has 0 spiro atoms. The molecule has 4 nitrogen and oxygen atoms in total. The number of ether oxygens (including phenoxy) is 1. The molecule has 0 amide bonds. The first-order valence-electron chi connectivity index (χ1n) is 8.79. The lowest BCUT2D eigenvalue weighted by Crippen LogP contribution is -2.26. The Morgan fingerprint density at radius 2 is 1.50 bits per heavy atom. The molecule has 2 unspecified atom stereocenters. The Bertz CT molecular complexity index is 548. The minimum atomic E-state index is -0.862. The molecule has 1 aromatic carbocycles. The summed E-state index contributed by atoms with van der Waals surface area (Å²) in [6.45, 7) is 10.2. The van der Waals surface area contributed by atoms with E-state index in [9.17, 15) is 14.7 Å². The number of aliphatic carboxylic acids is 1. The third kappa shape index (κ3) is 5.08. The van der Waals surface area contributed by atoms with Gasteiger partial charge in [0.2, 0.25) is 0 Å². The van der Waals surface area contributed by atoms with Gasteiger partial charge in [0.05, 0.1) is 18.4 Å². The smallest absolute Gasteiger partial charge is 0.313 e. The minimum absolute atomic E-state index is 0.0295. The molecule has 1 rings (SSSR count). The summed E-state index contributed by atoms with van der Waals surface area (Å²) < 4.78 is 5.43. The first-order chi connectivity index (χ1) is 11.3. The minimum Gasteiger partial charge on any atom is -0.481 e. The quantitative estimate of drug-likeness (QED) is 0.530. The van der Waals surface area contributed by atoms with Crippen molar-refractivity contribution < 1.29 is 19.4 Å². The number of rotatable bonds is 9. The molecule has 134 valence electrons. The Hall–Kier alpha value is -1.84. The lowest BCUT2D eigenvalue weighted by Gasteiger charge is -2.26. The first-order valence-corrected chi connectivity index (χ1v) is 8.79. The van der Waals surface area contributed by atoms with Crippen LogP contribution < -0.4 is 0 Å². The van der Waals surface area contributed by atoms with Gasteiger partial charge < -0.3 is 9.84 Å². The number of carboxylic acids is 1. The van der Waals surface area contributed by atoms with E-state index >= 15 is 0 Å². The molecule has 0 radical (unpaired) electrons. The molecule has 0 heterocycles. The van der Waals surface area contributed by atoms with Gasteiger partial charge in [-0.3, -0.25) is 9.59 Å². The van der Waals surface area contributed by atoms with Gasteiger partial charge in [0, 0.05) is 0 Å². The molecule has 0 aliphatic rings. The van der Waals surface area contributed by atoms with E-state index in [2.05, 4.69) is 0 Å². The Labute approximate surface area is 145 Å². The van der Waals surface area contributed by atoms with Crippen LogP contribution >= 0.6 is 0 Å². The summed E-state index contributed by atoms with van der Waals surface area (Å²) in [5.74, 6) is -2.24. The summed E-state index contributed by atoms with van der Waals surface area (Å²) in [5.41, 5.74) is 1.49. The molecule has 4 heteroatoms. The summed E-state index contributed by atoms with van der Waals surface area (Å²) in [7, 11) is 0. The molecule has 0 saturated heterocycles. The van der Waals surface area contributed by atoms with Crippen LogP contribution in [0.3, 0.4) is 0 Å². The lowest BCUT2D eigenvalue weighted by atomic mass is 9.78. The number of hydrogen-bond acceptors (Lipinski definition) is 3. The van der Waals surface area contributed by atoms with Crippen LogP contribution in [-0.2, 0) is 14.3 Å². The topological polar surface area (TPSA) is 63.6 Å². The lowest BCUT2D eigenvalue weighted by molar-refractivity contribution is -0.147. The molecule has 2 atom stereocenters. The molecule has 0 aliphatic heterocycles. The zero-order chi connectivity index (χ0) is 18.3. The number of benzene rings is 1. The van der Waals surface area contributed by atoms with Crippen molar-refractivity contribution in [2.24, 2.45) is 11.8 Å². The molecule has 0 fully saturated rings. The fourth-order valence-electron chi connectivity index (χ4n) is 3.02. The van der Waals surface area contributed by atoms with Crippen molar-refractivity contribution in [1.29, 1.82) is 0 Å². The molecular weight excluding hydrogens is 304 g/mol. The fraction of sp³-hybridized carbons (Fsp3) is 0.600. The molecule has 1 N–H and O–H groups in total. The SMILES string of the molecule is CCCCOC(=O)C(c1ccccc1C(C(=O)O)C(C)C)C(C)C. The highest BCUT2D eigenvalue weighted by atomic mass is 16.5. The second kappa shape index (κ2) is 9.45. The molecule has 1 aromatic rings. The van der Waals surface area contributed by atoms with E-state index in [0.717, 1.165) is 18.4 Å². The highest BCUT2D eigenvalue weighted by molar-refractivity contribution is 5.82. The second-order valence-corrected chi connectivity index (χ2v) is 6.93. The number of esters is 1. The predicted molar refractivity (Wildman–Crippen MR) is 95.1 cm³/mol. The van der Waals surface area contributed by atoms with Crippen molar-refractivity contribution >= 4 is 11.9 Å². The Balaban J connectivity index is 3.25. The van der Waals surface area contributed by atoms with Gasteiger partial charge >= 0.3 is 11.9 Å². The van der Waals surface area contributed by atoms with E-state index in [-0.39, 0.29) is 17.8 Å². The van der Waals surface area contributed by atoms with Crippen LogP contribution in [-0.4, -0.2) is 23.7 Å². The van der Waals surface area contributed by atoms with Crippen LogP contribution in [0.25, 0.3) is 0 Å². The summed E-state index contributed by atoms with van der Waals surface area (Å²) >= 11 is 0. The van der Waals surface area contributed by atoms with E-state index in [0.29, 0.717) is 12.2 Å². The zero-order valence-electron chi connectivity index (χ0n) is 15.4. The van der Waals surface area contributed by atoms with E-state index in [4.69, 9.17) is 4.74 Å². The standard InChI is InChI=1S/C20H30O4/c1-6-7-12-24-20(23)18(14(4)5)16-11-9-8-10-15(16)17(13(2)3)19(21)22/h8-11,13-14,17-18H,6-7,12H2,1-5H3,(H,21,22). The van der Waals surface area contributed by atoms with E-state index in [1.54, 1.807) is 0 Å². The molecule has 0 bridgehead atoms. The highest BCUT2D eigenvalue weighted by Crippen LogP contribution is 2.35. The van der Waals surface area contributed by atoms with Gasteiger partial charge in [0.25, 0.3) is 0 Å². The summed E-state index contributed by atoms with van der Waals surface area (Å²) in [4.78, 5) is 24.4. The van der Waals surface area contributed by atoms with Crippen molar-refractivity contribution in [3.63, 3.8) is 0 Å². The zero-order valence-corrected chi connectivity index (χ0v) is 15.4. The van der Waals surface area contributed by atoms with Gasteiger partial charge in [-0.1, -0.05) is 65.3 Å². The van der Waals surface area contributed by atoms with Gasteiger partial charge in [-0.2, -0.15) is 0 Å². The third-order valence-electron chi connectivity index (χ3n) is 4.26.